The molecule has 1 heterocycles. The van der Waals surface area contributed by atoms with Crippen molar-refractivity contribution in [3.05, 3.63) is 64.7 Å². The zero-order valence-corrected chi connectivity index (χ0v) is 17.5. The van der Waals surface area contributed by atoms with Crippen molar-refractivity contribution in [2.75, 3.05) is 31.1 Å². The van der Waals surface area contributed by atoms with Crippen molar-refractivity contribution in [1.82, 2.24) is 4.90 Å². The molecule has 2 aromatic rings. The number of amides is 1. The molecule has 1 saturated carbocycles. The van der Waals surface area contributed by atoms with Crippen molar-refractivity contribution < 1.29 is 18.0 Å². The predicted octanol–water partition coefficient (Wildman–Crippen LogP) is 4.67. The Morgan fingerprint density at radius 2 is 1.71 bits per heavy atom. The Hall–Kier alpha value is -3.01. The molecule has 0 N–H and O–H groups in total. The molecule has 4 nitrogen and oxygen atoms in total. The maximum absolute atomic E-state index is 13.2. The molecule has 2 fully saturated rings. The lowest BCUT2D eigenvalue weighted by Crippen LogP contribution is -2.51. The number of rotatable bonds is 3. The Bertz CT molecular complexity index is 1030. The summed E-state index contributed by atoms with van der Waals surface area (Å²) >= 11 is 0. The second-order valence-corrected chi connectivity index (χ2v) is 8.53. The minimum atomic E-state index is -4.39. The molecule has 0 bridgehead atoms. The second kappa shape index (κ2) is 7.60. The Morgan fingerprint density at radius 1 is 1.06 bits per heavy atom. The van der Waals surface area contributed by atoms with Gasteiger partial charge in [0.25, 0.3) is 0 Å². The number of anilines is 1. The zero-order valence-electron chi connectivity index (χ0n) is 17.5. The number of halogens is 3. The first kappa shape index (κ1) is 21.2. The van der Waals surface area contributed by atoms with Gasteiger partial charge in [-0.15, -0.1) is 0 Å². The van der Waals surface area contributed by atoms with Gasteiger partial charge in [-0.25, -0.2) is 0 Å². The second-order valence-electron chi connectivity index (χ2n) is 8.53. The van der Waals surface area contributed by atoms with Gasteiger partial charge in [-0.3, -0.25) is 4.79 Å². The lowest BCUT2D eigenvalue weighted by atomic mass is 9.97. The first-order chi connectivity index (χ1) is 14.7. The number of hydrogen-bond acceptors (Lipinski definition) is 3. The first-order valence-corrected chi connectivity index (χ1v) is 10.4. The third-order valence-corrected chi connectivity index (χ3v) is 6.47. The van der Waals surface area contributed by atoms with Crippen LogP contribution in [0, 0.1) is 30.6 Å². The molecule has 1 saturated heterocycles. The standard InChI is InChI=1S/C24H24F3N3O/c1-16-3-6-18(7-4-16)20-14-23(20,15-28)22(31)30-11-9-29(10-12-30)21-13-19(24(25,26)27)8-5-17(21)2/h3-8,13,20H,9-12,14H2,1-2H3/t20?,23-/m0/s1. The van der Waals surface area contributed by atoms with Crippen molar-refractivity contribution in [2.45, 2.75) is 32.4 Å². The van der Waals surface area contributed by atoms with E-state index in [1.807, 2.05) is 36.1 Å². The van der Waals surface area contributed by atoms with Crippen LogP contribution in [0.5, 0.6) is 0 Å². The van der Waals surface area contributed by atoms with Crippen molar-refractivity contribution in [3.8, 4) is 6.07 Å². The lowest BCUT2D eigenvalue weighted by Gasteiger charge is -2.38. The van der Waals surface area contributed by atoms with Crippen molar-refractivity contribution in [1.29, 1.82) is 5.26 Å². The quantitative estimate of drug-likeness (QED) is 0.715. The van der Waals surface area contributed by atoms with E-state index in [0.717, 1.165) is 22.8 Å². The highest BCUT2D eigenvalue weighted by Gasteiger charge is 2.62. The van der Waals surface area contributed by atoms with Crippen molar-refractivity contribution >= 4 is 11.6 Å². The fraction of sp³-hybridized carbons (Fsp3) is 0.417. The molecule has 0 spiro atoms. The van der Waals surface area contributed by atoms with Crippen LogP contribution in [0.2, 0.25) is 0 Å². The molecule has 1 amide bonds. The summed E-state index contributed by atoms with van der Waals surface area (Å²) in [6.45, 7) is 5.42. The number of alkyl halides is 3. The van der Waals surface area contributed by atoms with E-state index in [4.69, 9.17) is 0 Å². The van der Waals surface area contributed by atoms with Gasteiger partial charge in [0.1, 0.15) is 5.41 Å². The van der Waals surface area contributed by atoms with Crippen LogP contribution in [0.1, 0.15) is 34.6 Å². The maximum atomic E-state index is 13.2. The molecule has 1 unspecified atom stereocenters. The van der Waals surface area contributed by atoms with Gasteiger partial charge in [0.15, 0.2) is 0 Å². The summed E-state index contributed by atoms with van der Waals surface area (Å²) in [5.74, 6) is -0.268. The number of nitriles is 1. The fourth-order valence-corrected chi connectivity index (χ4v) is 4.43. The third kappa shape index (κ3) is 3.87. The Balaban J connectivity index is 1.45. The number of carbonyl (C=O) groups is 1. The number of piperazine rings is 1. The molecule has 1 aliphatic carbocycles. The molecule has 31 heavy (non-hydrogen) atoms. The largest absolute Gasteiger partial charge is 0.416 e. The van der Waals surface area contributed by atoms with Gasteiger partial charge in [-0.2, -0.15) is 18.4 Å². The van der Waals surface area contributed by atoms with Crippen LogP contribution in [0.25, 0.3) is 0 Å². The third-order valence-electron chi connectivity index (χ3n) is 6.47. The number of hydrogen-bond donors (Lipinski definition) is 0. The van der Waals surface area contributed by atoms with E-state index < -0.39 is 17.2 Å². The number of benzene rings is 2. The summed E-state index contributed by atoms with van der Waals surface area (Å²) in [6.07, 6.45) is -3.88. The molecule has 2 aliphatic rings. The summed E-state index contributed by atoms with van der Waals surface area (Å²) < 4.78 is 39.3. The molecule has 4 rings (SSSR count). The topological polar surface area (TPSA) is 47.3 Å². The van der Waals surface area contributed by atoms with E-state index in [0.29, 0.717) is 38.3 Å². The van der Waals surface area contributed by atoms with Gasteiger partial charge >= 0.3 is 6.18 Å². The highest BCUT2D eigenvalue weighted by molar-refractivity contribution is 5.90. The molecule has 7 heteroatoms. The van der Waals surface area contributed by atoms with Gasteiger partial charge in [0.05, 0.1) is 11.6 Å². The average Bonchev–Trinajstić information content (AvgIpc) is 3.49. The molecular formula is C24H24F3N3O. The van der Waals surface area contributed by atoms with E-state index in [2.05, 4.69) is 6.07 Å². The number of aryl methyl sites for hydroxylation is 2. The SMILES string of the molecule is Cc1ccc(C2C[C@@]2(C#N)C(=O)N2CCN(c3cc(C(F)(F)F)ccc3C)CC2)cc1. The van der Waals surface area contributed by atoms with Crippen LogP contribution < -0.4 is 4.90 Å². The van der Waals surface area contributed by atoms with E-state index in [9.17, 15) is 23.2 Å². The van der Waals surface area contributed by atoms with E-state index in [1.54, 1.807) is 11.8 Å². The van der Waals surface area contributed by atoms with Crippen LogP contribution >= 0.6 is 0 Å². The van der Waals surface area contributed by atoms with Crippen LogP contribution in [0.3, 0.4) is 0 Å². The number of carbonyl (C=O) groups excluding carboxylic acids is 1. The van der Waals surface area contributed by atoms with Gasteiger partial charge < -0.3 is 9.80 Å². The molecule has 162 valence electrons. The van der Waals surface area contributed by atoms with E-state index in [1.165, 1.54) is 12.1 Å². The number of nitrogens with zero attached hydrogens (tertiary/aromatic N) is 3. The molecule has 2 atom stereocenters. The van der Waals surface area contributed by atoms with Gasteiger partial charge in [-0.1, -0.05) is 35.9 Å². The zero-order chi connectivity index (χ0) is 22.4. The van der Waals surface area contributed by atoms with Gasteiger partial charge in [0, 0.05) is 37.8 Å². The van der Waals surface area contributed by atoms with Crippen LogP contribution in [-0.4, -0.2) is 37.0 Å². The van der Waals surface area contributed by atoms with Gasteiger partial charge in [0.2, 0.25) is 5.91 Å². The molecule has 0 radical (unpaired) electrons. The smallest absolute Gasteiger partial charge is 0.368 e. The summed E-state index contributed by atoms with van der Waals surface area (Å²) in [7, 11) is 0. The summed E-state index contributed by atoms with van der Waals surface area (Å²) in [4.78, 5) is 16.8. The molecule has 2 aromatic carbocycles. The fourth-order valence-electron chi connectivity index (χ4n) is 4.43. The highest BCUT2D eigenvalue weighted by Crippen LogP contribution is 2.60. The molecular weight excluding hydrogens is 403 g/mol. The minimum Gasteiger partial charge on any atom is -0.368 e. The molecule has 1 aliphatic heterocycles. The summed E-state index contributed by atoms with van der Waals surface area (Å²) in [6, 6.07) is 13.9. The maximum Gasteiger partial charge on any atom is 0.416 e. The Morgan fingerprint density at radius 3 is 2.29 bits per heavy atom. The van der Waals surface area contributed by atoms with Crippen molar-refractivity contribution in [2.24, 2.45) is 5.41 Å². The normalized spacial score (nSPS) is 23.4. The summed E-state index contributed by atoms with van der Waals surface area (Å²) in [5.41, 5.74) is 1.74. The highest BCUT2D eigenvalue weighted by atomic mass is 19.4. The monoisotopic (exact) mass is 427 g/mol. The van der Waals surface area contributed by atoms with E-state index >= 15 is 0 Å². The summed E-state index contributed by atoms with van der Waals surface area (Å²) in [5, 5.41) is 9.80. The lowest BCUT2D eigenvalue weighted by molar-refractivity contribution is -0.137. The molecule has 0 aromatic heterocycles. The van der Waals surface area contributed by atoms with Crippen LogP contribution in [0.4, 0.5) is 18.9 Å². The van der Waals surface area contributed by atoms with Gasteiger partial charge in [-0.05, 0) is 43.5 Å². The first-order valence-electron chi connectivity index (χ1n) is 10.4. The predicted molar refractivity (Wildman–Crippen MR) is 112 cm³/mol. The Labute approximate surface area is 179 Å². The van der Waals surface area contributed by atoms with Crippen molar-refractivity contribution in [3.63, 3.8) is 0 Å². The van der Waals surface area contributed by atoms with E-state index in [-0.39, 0.29) is 11.8 Å². The minimum absolute atomic E-state index is 0.102. The Kier molecular flexibility index (Phi) is 5.20. The van der Waals surface area contributed by atoms with Crippen LogP contribution in [-0.2, 0) is 11.0 Å². The van der Waals surface area contributed by atoms with Crippen LogP contribution in [0.15, 0.2) is 42.5 Å². The average molecular weight is 427 g/mol.